The van der Waals surface area contributed by atoms with Gasteiger partial charge >= 0.3 is 71.5 Å². The number of carboxylic acids is 2. The van der Waals surface area contributed by atoms with Crippen LogP contribution in [0.25, 0.3) is 0 Å². The van der Waals surface area contributed by atoms with Crippen LogP contribution in [0.3, 0.4) is 0 Å². The van der Waals surface area contributed by atoms with Crippen LogP contribution in [0.15, 0.2) is 12.4 Å². The predicted molar refractivity (Wildman–Crippen MR) is 71.6 cm³/mol. The van der Waals surface area contributed by atoms with Gasteiger partial charge in [-0.3, -0.25) is 0 Å². The Balaban J connectivity index is 0. The van der Waals surface area contributed by atoms with Gasteiger partial charge in [0.2, 0.25) is 11.9 Å². The zero-order valence-corrected chi connectivity index (χ0v) is 19.0. The molecular formula is C12H6F6N6Na2O4. The molecule has 4 N–H and O–H groups in total. The minimum Gasteiger partial charge on any atom is -0.545 e. The molecule has 10 nitrogen and oxygen atoms in total. The number of rotatable bonds is 2. The molecule has 0 atom stereocenters. The molecule has 2 heterocycles. The quantitative estimate of drug-likeness (QED) is 0.324. The largest absolute Gasteiger partial charge is 1.00 e. The summed E-state index contributed by atoms with van der Waals surface area (Å²) in [4.78, 5) is 32.3. The molecular weight excluding hydrogens is 452 g/mol. The Morgan fingerprint density at radius 1 is 0.733 bits per heavy atom. The maximum atomic E-state index is 12.2. The molecule has 2 aromatic rings. The minimum atomic E-state index is -4.90. The minimum absolute atomic E-state index is 0. The van der Waals surface area contributed by atoms with E-state index in [0.717, 1.165) is 0 Å². The first-order valence-corrected chi connectivity index (χ1v) is 6.46. The molecule has 30 heavy (non-hydrogen) atoms. The van der Waals surface area contributed by atoms with Crippen molar-refractivity contribution in [1.29, 1.82) is 0 Å². The molecule has 0 spiro atoms. The van der Waals surface area contributed by atoms with Gasteiger partial charge in [-0.2, -0.15) is 26.3 Å². The standard InChI is InChI=1S/2C6H4F3N3O2.2Na/c2*7-6(8,9)3-2(4(13)14)1-11-5(10)12-3;;/h2*1H,(H,13,14)(H2,10,11,12);;/q;;2*+1/p-2. The fraction of sp³-hybridized carbons (Fsp3) is 0.167. The third-order valence-corrected chi connectivity index (χ3v) is 2.59. The number of alkyl halides is 6. The molecule has 0 aliphatic carbocycles. The van der Waals surface area contributed by atoms with E-state index < -0.39 is 58.7 Å². The fourth-order valence-corrected chi connectivity index (χ4v) is 1.52. The first-order chi connectivity index (χ1) is 12.6. The molecule has 0 radical (unpaired) electrons. The average molecular weight is 458 g/mol. The van der Waals surface area contributed by atoms with Crippen molar-refractivity contribution in [1.82, 2.24) is 19.9 Å². The number of nitrogen functional groups attached to an aromatic ring is 2. The third-order valence-electron chi connectivity index (χ3n) is 2.59. The van der Waals surface area contributed by atoms with Gasteiger partial charge in [-0.25, -0.2) is 19.9 Å². The summed E-state index contributed by atoms with van der Waals surface area (Å²) in [7, 11) is 0. The number of carbonyl (C=O) groups excluding carboxylic acids is 2. The number of halogens is 6. The fourth-order valence-electron chi connectivity index (χ4n) is 1.52. The van der Waals surface area contributed by atoms with Crippen molar-refractivity contribution in [2.75, 3.05) is 11.5 Å². The van der Waals surface area contributed by atoms with Crippen LogP contribution in [0, 0.1) is 0 Å². The van der Waals surface area contributed by atoms with Crippen LogP contribution in [-0.4, -0.2) is 31.9 Å². The second kappa shape index (κ2) is 11.6. The van der Waals surface area contributed by atoms with Crippen LogP contribution in [0.2, 0.25) is 0 Å². The number of anilines is 2. The Labute approximate surface area is 206 Å². The van der Waals surface area contributed by atoms with Crippen molar-refractivity contribution in [2.24, 2.45) is 0 Å². The Morgan fingerprint density at radius 3 is 1.20 bits per heavy atom. The zero-order chi connectivity index (χ0) is 21.9. The van der Waals surface area contributed by atoms with E-state index in [1.54, 1.807) is 0 Å². The summed E-state index contributed by atoms with van der Waals surface area (Å²) in [5.74, 6) is -5.31. The van der Waals surface area contributed by atoms with Crippen molar-refractivity contribution < 1.29 is 105 Å². The summed E-state index contributed by atoms with van der Waals surface area (Å²) in [6.45, 7) is 0. The second-order valence-electron chi connectivity index (χ2n) is 4.55. The summed E-state index contributed by atoms with van der Waals surface area (Å²) < 4.78 is 72.9. The van der Waals surface area contributed by atoms with Gasteiger partial charge in [0.05, 0.1) is 11.9 Å². The van der Waals surface area contributed by atoms with E-state index in [0.29, 0.717) is 12.4 Å². The Morgan fingerprint density at radius 2 is 1.00 bits per heavy atom. The first kappa shape index (κ1) is 30.5. The molecule has 0 saturated carbocycles. The Hall–Kier alpha value is -1.72. The van der Waals surface area contributed by atoms with Gasteiger partial charge in [0.25, 0.3) is 0 Å². The van der Waals surface area contributed by atoms with Crippen LogP contribution >= 0.6 is 0 Å². The van der Waals surface area contributed by atoms with E-state index in [-0.39, 0.29) is 59.1 Å². The molecule has 0 aliphatic heterocycles. The maximum absolute atomic E-state index is 12.2. The molecule has 0 amide bonds. The molecule has 0 aromatic carbocycles. The van der Waals surface area contributed by atoms with Crippen molar-refractivity contribution in [3.63, 3.8) is 0 Å². The van der Waals surface area contributed by atoms with Gasteiger partial charge in [-0.15, -0.1) is 0 Å². The summed E-state index contributed by atoms with van der Waals surface area (Å²) in [5, 5.41) is 20.5. The first-order valence-electron chi connectivity index (χ1n) is 6.46. The number of nitrogens with zero attached hydrogens (tertiary/aromatic N) is 4. The van der Waals surface area contributed by atoms with Crippen LogP contribution < -0.4 is 80.8 Å². The van der Waals surface area contributed by atoms with E-state index in [9.17, 15) is 46.1 Å². The average Bonchev–Trinajstić information content (AvgIpc) is 2.53. The molecule has 152 valence electrons. The molecule has 0 aliphatic rings. The molecule has 18 heteroatoms. The number of aromatic carboxylic acids is 2. The van der Waals surface area contributed by atoms with E-state index in [1.807, 2.05) is 0 Å². The molecule has 0 bridgehead atoms. The molecule has 0 unspecified atom stereocenters. The van der Waals surface area contributed by atoms with E-state index in [4.69, 9.17) is 11.5 Å². The van der Waals surface area contributed by atoms with Crippen molar-refractivity contribution in [3.8, 4) is 0 Å². The molecule has 2 rings (SSSR count). The van der Waals surface area contributed by atoms with Gasteiger partial charge in [-0.05, 0) is 0 Å². The second-order valence-corrected chi connectivity index (χ2v) is 4.55. The number of hydrogen-bond acceptors (Lipinski definition) is 10. The van der Waals surface area contributed by atoms with E-state index in [2.05, 4.69) is 19.9 Å². The summed E-state index contributed by atoms with van der Waals surface area (Å²) in [6, 6.07) is 0. The van der Waals surface area contributed by atoms with Crippen LogP contribution in [-0.2, 0) is 12.4 Å². The van der Waals surface area contributed by atoms with Gasteiger partial charge in [0.1, 0.15) is 0 Å². The van der Waals surface area contributed by atoms with Gasteiger partial charge in [0, 0.05) is 23.5 Å². The molecule has 0 fully saturated rings. The maximum Gasteiger partial charge on any atom is 1.00 e. The topological polar surface area (TPSA) is 184 Å². The van der Waals surface area contributed by atoms with E-state index >= 15 is 0 Å². The van der Waals surface area contributed by atoms with Crippen LogP contribution in [0.1, 0.15) is 32.1 Å². The number of carbonyl (C=O) groups is 2. The molecule has 0 saturated heterocycles. The Kier molecular flexibility index (Phi) is 11.8. The third kappa shape index (κ3) is 8.57. The summed E-state index contributed by atoms with van der Waals surface area (Å²) in [5.41, 5.74) is 4.30. The zero-order valence-electron chi connectivity index (χ0n) is 15.0. The predicted octanol–water partition coefficient (Wildman–Crippen LogP) is -7.11. The van der Waals surface area contributed by atoms with Crippen LogP contribution in [0.4, 0.5) is 38.2 Å². The number of hydrogen-bond donors (Lipinski definition) is 2. The van der Waals surface area contributed by atoms with Crippen molar-refractivity contribution in [2.45, 2.75) is 12.4 Å². The summed E-state index contributed by atoms with van der Waals surface area (Å²) >= 11 is 0. The van der Waals surface area contributed by atoms with Crippen LogP contribution in [0.5, 0.6) is 0 Å². The SMILES string of the molecule is Nc1ncc(C(=O)[O-])c(C(F)(F)F)n1.Nc1ncc(C(=O)[O-])c(C(F)(F)F)n1.[Na+].[Na+]. The van der Waals surface area contributed by atoms with Gasteiger partial charge in [0.15, 0.2) is 11.4 Å². The van der Waals surface area contributed by atoms with Crippen molar-refractivity contribution >= 4 is 23.8 Å². The Bertz CT molecular complexity index is 838. The molecule has 2 aromatic heterocycles. The van der Waals surface area contributed by atoms with Gasteiger partial charge in [-0.1, -0.05) is 0 Å². The van der Waals surface area contributed by atoms with E-state index in [1.165, 1.54) is 0 Å². The number of aromatic nitrogens is 4. The summed E-state index contributed by atoms with van der Waals surface area (Å²) in [6.07, 6.45) is -8.88. The number of nitrogens with two attached hydrogens (primary N) is 2. The van der Waals surface area contributed by atoms with Crippen molar-refractivity contribution in [3.05, 3.63) is 34.9 Å². The smallest absolute Gasteiger partial charge is 0.545 e. The normalized spacial score (nSPS) is 10.6. The van der Waals surface area contributed by atoms with Gasteiger partial charge < -0.3 is 31.3 Å². The number of carboxylic acid groups (broad SMARTS) is 2. The monoisotopic (exact) mass is 458 g/mol.